The molecule has 0 saturated carbocycles. The second kappa shape index (κ2) is 42.0. The van der Waals surface area contributed by atoms with Gasteiger partial charge in [-0.05, 0) is 6.92 Å². The molecule has 0 unspecified atom stereocenters. The molecular formula is C11H34O2. The van der Waals surface area contributed by atoms with Gasteiger partial charge in [-0.3, -0.25) is 4.79 Å². The van der Waals surface area contributed by atoms with Crippen LogP contribution in [-0.4, -0.2) is 12.6 Å². The van der Waals surface area contributed by atoms with Crippen molar-refractivity contribution in [1.29, 1.82) is 0 Å². The molecule has 0 heterocycles. The number of ether oxygens (including phenoxy) is 1. The van der Waals surface area contributed by atoms with E-state index in [0.29, 0.717) is 13.0 Å². The molecule has 0 aromatic carbocycles. The second-order valence-corrected chi connectivity index (χ2v) is 1.16. The summed E-state index contributed by atoms with van der Waals surface area (Å²) in [6.07, 6.45) is 0.480. The first-order valence-corrected chi connectivity index (χ1v) is 2.46. The smallest absolute Gasteiger partial charge is 0.305 e. The predicted molar refractivity (Wildman–Crippen MR) is 67.3 cm³/mol. The minimum absolute atomic E-state index is 0. The van der Waals surface area contributed by atoms with Crippen molar-refractivity contribution in [2.75, 3.05) is 6.61 Å². The summed E-state index contributed by atoms with van der Waals surface area (Å²) in [4.78, 5) is 10.2. The zero-order valence-electron chi connectivity index (χ0n) is 4.73. The van der Waals surface area contributed by atoms with E-state index in [1.807, 2.05) is 0 Å². The molecule has 0 aromatic rings. The standard InChI is InChI=1S/C5H10O2.6CH4/c1-3-5(6)7-4-2;;;;;;/h3-4H2,1-2H3;6*1H4. The van der Waals surface area contributed by atoms with Crippen LogP contribution in [0.1, 0.15) is 64.8 Å². The summed E-state index contributed by atoms with van der Waals surface area (Å²) in [7, 11) is 0. The fourth-order valence-corrected chi connectivity index (χ4v) is 0.263. The zero-order valence-corrected chi connectivity index (χ0v) is 4.73. The molecule has 0 aromatic heterocycles. The highest BCUT2D eigenvalue weighted by molar-refractivity contribution is 5.68. The SMILES string of the molecule is C.C.C.C.C.C.CCOC(=O)CC. The number of carbonyl (C=O) groups excluding carboxylic acids is 1. The van der Waals surface area contributed by atoms with Crippen LogP contribution < -0.4 is 0 Å². The van der Waals surface area contributed by atoms with Gasteiger partial charge in [-0.1, -0.05) is 51.5 Å². The van der Waals surface area contributed by atoms with Crippen molar-refractivity contribution in [3.63, 3.8) is 0 Å². The minimum Gasteiger partial charge on any atom is -0.466 e. The van der Waals surface area contributed by atoms with Gasteiger partial charge in [0.25, 0.3) is 0 Å². The van der Waals surface area contributed by atoms with E-state index >= 15 is 0 Å². The molecule has 0 aliphatic rings. The molecule has 0 atom stereocenters. The second-order valence-electron chi connectivity index (χ2n) is 1.16. The molecule has 0 spiro atoms. The van der Waals surface area contributed by atoms with Crippen LogP contribution in [0.4, 0.5) is 0 Å². The number of esters is 1. The third-order valence-corrected chi connectivity index (χ3v) is 0.594. The van der Waals surface area contributed by atoms with E-state index in [9.17, 15) is 4.79 Å². The van der Waals surface area contributed by atoms with Crippen LogP contribution in [0.3, 0.4) is 0 Å². The average molecular weight is 198 g/mol. The molecule has 0 fully saturated rings. The van der Waals surface area contributed by atoms with Crippen LogP contribution in [0.25, 0.3) is 0 Å². The Morgan fingerprint density at radius 3 is 1.31 bits per heavy atom. The normalized spacial score (nSPS) is 4.46. The molecule has 0 rings (SSSR count). The Labute approximate surface area is 87.7 Å². The van der Waals surface area contributed by atoms with Gasteiger partial charge in [-0.2, -0.15) is 0 Å². The molecule has 2 heteroatoms. The largest absolute Gasteiger partial charge is 0.466 e. The molecule has 0 aliphatic heterocycles. The van der Waals surface area contributed by atoms with E-state index in [1.165, 1.54) is 0 Å². The van der Waals surface area contributed by atoms with E-state index in [1.54, 1.807) is 13.8 Å². The first-order valence-electron chi connectivity index (χ1n) is 2.46. The van der Waals surface area contributed by atoms with Crippen LogP contribution in [0.5, 0.6) is 0 Å². The van der Waals surface area contributed by atoms with Gasteiger partial charge < -0.3 is 4.74 Å². The molecule has 0 aliphatic carbocycles. The lowest BCUT2D eigenvalue weighted by molar-refractivity contribution is -0.142. The van der Waals surface area contributed by atoms with Crippen molar-refractivity contribution in [3.05, 3.63) is 0 Å². The van der Waals surface area contributed by atoms with Crippen LogP contribution in [0.2, 0.25) is 0 Å². The molecule has 0 amide bonds. The van der Waals surface area contributed by atoms with Crippen molar-refractivity contribution in [2.45, 2.75) is 64.8 Å². The maximum atomic E-state index is 10.2. The number of rotatable bonds is 2. The molecule has 2 nitrogen and oxygen atoms in total. The van der Waals surface area contributed by atoms with E-state index in [2.05, 4.69) is 4.74 Å². The summed E-state index contributed by atoms with van der Waals surface area (Å²) < 4.78 is 4.55. The van der Waals surface area contributed by atoms with Gasteiger partial charge in [-0.25, -0.2) is 0 Å². The van der Waals surface area contributed by atoms with Gasteiger partial charge in [-0.15, -0.1) is 0 Å². The van der Waals surface area contributed by atoms with Crippen molar-refractivity contribution in [2.24, 2.45) is 0 Å². The van der Waals surface area contributed by atoms with Crippen LogP contribution in [0.15, 0.2) is 0 Å². The average Bonchev–Trinajstić information content (AvgIpc) is 1.68. The third-order valence-electron chi connectivity index (χ3n) is 0.594. The molecule has 90 valence electrons. The van der Waals surface area contributed by atoms with Crippen molar-refractivity contribution in [1.82, 2.24) is 0 Å². The fraction of sp³-hybridized carbons (Fsp3) is 0.909. The summed E-state index contributed by atoms with van der Waals surface area (Å²) in [5, 5.41) is 0. The molecule has 0 bridgehead atoms. The number of hydrogen-bond acceptors (Lipinski definition) is 2. The lowest BCUT2D eigenvalue weighted by Crippen LogP contribution is -2.00. The monoisotopic (exact) mass is 198 g/mol. The minimum atomic E-state index is -0.123. The topological polar surface area (TPSA) is 26.3 Å². The summed E-state index contributed by atoms with van der Waals surface area (Å²) >= 11 is 0. The quantitative estimate of drug-likeness (QED) is 0.597. The Hall–Kier alpha value is -0.530. The molecule has 0 radical (unpaired) electrons. The summed E-state index contributed by atoms with van der Waals surface area (Å²) in [6.45, 7) is 4.07. The van der Waals surface area contributed by atoms with Gasteiger partial charge in [0.2, 0.25) is 0 Å². The Balaban J connectivity index is -0.0000000120. The fourth-order valence-electron chi connectivity index (χ4n) is 0.263. The first-order chi connectivity index (χ1) is 3.31. The van der Waals surface area contributed by atoms with Crippen LogP contribution in [-0.2, 0) is 9.53 Å². The Kier molecular flexibility index (Phi) is 177. The Bertz CT molecular complexity index is 61.1. The number of carbonyl (C=O) groups is 1. The highest BCUT2D eigenvalue weighted by Gasteiger charge is 1.91. The number of hydrogen-bond donors (Lipinski definition) is 0. The van der Waals surface area contributed by atoms with E-state index in [-0.39, 0.29) is 50.5 Å². The Morgan fingerprint density at radius 1 is 0.923 bits per heavy atom. The molecule has 13 heavy (non-hydrogen) atoms. The third kappa shape index (κ3) is 51.5. The van der Waals surface area contributed by atoms with Gasteiger partial charge in [0.05, 0.1) is 6.61 Å². The summed E-state index contributed by atoms with van der Waals surface area (Å²) in [6, 6.07) is 0. The van der Waals surface area contributed by atoms with E-state index < -0.39 is 0 Å². The van der Waals surface area contributed by atoms with Gasteiger partial charge >= 0.3 is 5.97 Å². The lowest BCUT2D eigenvalue weighted by atomic mass is 10.5. The summed E-state index contributed by atoms with van der Waals surface area (Å²) in [5.41, 5.74) is 0. The van der Waals surface area contributed by atoms with Crippen LogP contribution in [0, 0.1) is 0 Å². The van der Waals surface area contributed by atoms with Crippen LogP contribution >= 0.6 is 0 Å². The molecular weight excluding hydrogens is 164 g/mol. The van der Waals surface area contributed by atoms with Crippen molar-refractivity contribution >= 4 is 5.97 Å². The van der Waals surface area contributed by atoms with E-state index in [0.717, 1.165) is 0 Å². The maximum absolute atomic E-state index is 10.2. The first kappa shape index (κ1) is 54.8. The van der Waals surface area contributed by atoms with Crippen molar-refractivity contribution < 1.29 is 9.53 Å². The van der Waals surface area contributed by atoms with Gasteiger partial charge in [0.1, 0.15) is 0 Å². The maximum Gasteiger partial charge on any atom is 0.305 e. The van der Waals surface area contributed by atoms with Crippen molar-refractivity contribution in [3.8, 4) is 0 Å². The van der Waals surface area contributed by atoms with E-state index in [4.69, 9.17) is 0 Å². The van der Waals surface area contributed by atoms with Gasteiger partial charge in [0, 0.05) is 6.42 Å². The highest BCUT2D eigenvalue weighted by atomic mass is 16.5. The summed E-state index contributed by atoms with van der Waals surface area (Å²) in [5.74, 6) is -0.123. The highest BCUT2D eigenvalue weighted by Crippen LogP contribution is 1.80. The zero-order chi connectivity index (χ0) is 5.70. The van der Waals surface area contributed by atoms with Gasteiger partial charge in [0.15, 0.2) is 0 Å². The lowest BCUT2D eigenvalue weighted by Gasteiger charge is -1.93. The molecule has 0 N–H and O–H groups in total. The molecule has 0 saturated heterocycles. The predicted octanol–water partition coefficient (Wildman–Crippen LogP) is 4.78. The Morgan fingerprint density at radius 2 is 1.23 bits per heavy atom.